The topological polar surface area (TPSA) is 51.6 Å². The molecule has 92 valence electrons. The molecule has 0 radical (unpaired) electrons. The molecular formula is C14H9ClN4. The molecule has 0 N–H and O–H groups in total. The van der Waals surface area contributed by atoms with Gasteiger partial charge in [-0.05, 0) is 24.3 Å². The average Bonchev–Trinajstić information content (AvgIpc) is 2.49. The molecule has 4 nitrogen and oxygen atoms in total. The lowest BCUT2D eigenvalue weighted by Gasteiger charge is -2.05. The van der Waals surface area contributed by atoms with Crippen LogP contribution in [0.25, 0.3) is 22.6 Å². The van der Waals surface area contributed by atoms with E-state index in [0.29, 0.717) is 16.5 Å². The van der Waals surface area contributed by atoms with Gasteiger partial charge in [-0.2, -0.15) is 0 Å². The Morgan fingerprint density at radius 1 is 0.842 bits per heavy atom. The zero-order valence-electron chi connectivity index (χ0n) is 9.86. The van der Waals surface area contributed by atoms with Crippen molar-refractivity contribution in [3.63, 3.8) is 0 Å². The number of hydrogen-bond acceptors (Lipinski definition) is 4. The number of nitrogens with zero attached hydrogens (tertiary/aromatic N) is 4. The molecule has 0 fully saturated rings. The largest absolute Gasteiger partial charge is 0.264 e. The molecule has 0 atom stereocenters. The minimum Gasteiger partial charge on any atom is -0.264 e. The molecule has 0 amide bonds. The molecule has 0 aliphatic carbocycles. The lowest BCUT2D eigenvalue weighted by molar-refractivity contribution is 1.16. The fourth-order valence-electron chi connectivity index (χ4n) is 1.71. The number of pyridine rings is 2. The highest BCUT2D eigenvalue weighted by Crippen LogP contribution is 2.26. The maximum absolute atomic E-state index is 6.15. The van der Waals surface area contributed by atoms with Gasteiger partial charge in [0.25, 0.3) is 0 Å². The molecule has 0 unspecified atom stereocenters. The summed E-state index contributed by atoms with van der Waals surface area (Å²) in [6.07, 6.45) is 8.46. The average molecular weight is 269 g/mol. The molecule has 0 aliphatic rings. The Labute approximate surface area is 115 Å². The molecule has 0 bridgehead atoms. The van der Waals surface area contributed by atoms with Gasteiger partial charge in [0.2, 0.25) is 0 Å². The van der Waals surface area contributed by atoms with E-state index in [1.807, 2.05) is 24.3 Å². The second kappa shape index (κ2) is 5.12. The van der Waals surface area contributed by atoms with Crippen LogP contribution in [0.2, 0.25) is 5.02 Å². The third-order valence-electron chi connectivity index (χ3n) is 2.60. The van der Waals surface area contributed by atoms with Gasteiger partial charge >= 0.3 is 0 Å². The zero-order chi connectivity index (χ0) is 13.1. The minimum absolute atomic E-state index is 0.501. The number of rotatable bonds is 2. The number of hydrogen-bond donors (Lipinski definition) is 0. The molecule has 0 saturated carbocycles. The Balaban J connectivity index is 2.12. The fourth-order valence-corrected chi connectivity index (χ4v) is 1.91. The summed E-state index contributed by atoms with van der Waals surface area (Å²) in [5, 5.41) is 0.501. The molecule has 0 spiro atoms. The highest BCUT2D eigenvalue weighted by Gasteiger charge is 2.09. The number of aromatic nitrogens is 4. The van der Waals surface area contributed by atoms with Crippen molar-refractivity contribution in [3.05, 3.63) is 60.3 Å². The standard InChI is InChI=1S/C14H9ClN4/c15-12-9-18-14(11-4-2-6-17-8-11)19-13(12)10-3-1-5-16-7-10/h1-9H. The van der Waals surface area contributed by atoms with Gasteiger partial charge in [-0.25, -0.2) is 9.97 Å². The van der Waals surface area contributed by atoms with E-state index in [2.05, 4.69) is 19.9 Å². The fraction of sp³-hybridized carbons (Fsp3) is 0. The molecule has 19 heavy (non-hydrogen) atoms. The maximum atomic E-state index is 6.15. The molecule has 5 heteroatoms. The van der Waals surface area contributed by atoms with Crippen LogP contribution in [-0.4, -0.2) is 19.9 Å². The lowest BCUT2D eigenvalue weighted by Crippen LogP contribution is -1.93. The minimum atomic E-state index is 0.501. The van der Waals surface area contributed by atoms with Gasteiger partial charge < -0.3 is 0 Å². The number of halogens is 1. The Kier molecular flexibility index (Phi) is 3.16. The molecule has 3 aromatic heterocycles. The second-order valence-corrected chi connectivity index (χ2v) is 4.28. The first-order chi connectivity index (χ1) is 9.34. The smallest absolute Gasteiger partial charge is 0.161 e. The first-order valence-corrected chi connectivity index (χ1v) is 6.06. The van der Waals surface area contributed by atoms with Crippen molar-refractivity contribution in [3.8, 4) is 22.6 Å². The Morgan fingerprint density at radius 3 is 2.16 bits per heavy atom. The van der Waals surface area contributed by atoms with Gasteiger partial charge in [0, 0.05) is 35.9 Å². The van der Waals surface area contributed by atoms with Gasteiger partial charge in [0.1, 0.15) is 0 Å². The van der Waals surface area contributed by atoms with Crippen LogP contribution in [0.15, 0.2) is 55.2 Å². The molecular weight excluding hydrogens is 260 g/mol. The summed E-state index contributed by atoms with van der Waals surface area (Å²) in [6.45, 7) is 0. The maximum Gasteiger partial charge on any atom is 0.161 e. The Morgan fingerprint density at radius 2 is 1.53 bits per heavy atom. The van der Waals surface area contributed by atoms with Crippen LogP contribution in [0.4, 0.5) is 0 Å². The Bertz CT molecular complexity index is 686. The molecule has 3 rings (SSSR count). The quantitative estimate of drug-likeness (QED) is 0.716. The normalized spacial score (nSPS) is 10.4. The predicted octanol–water partition coefficient (Wildman–Crippen LogP) is 3.25. The van der Waals surface area contributed by atoms with Gasteiger partial charge in [0.15, 0.2) is 5.82 Å². The van der Waals surface area contributed by atoms with Crippen molar-refractivity contribution >= 4 is 11.6 Å². The van der Waals surface area contributed by atoms with Crippen LogP contribution >= 0.6 is 11.6 Å². The van der Waals surface area contributed by atoms with E-state index in [1.165, 1.54) is 0 Å². The Hall–Kier alpha value is -2.33. The van der Waals surface area contributed by atoms with E-state index in [-0.39, 0.29) is 0 Å². The summed E-state index contributed by atoms with van der Waals surface area (Å²) in [5.41, 5.74) is 2.38. The van der Waals surface area contributed by atoms with Gasteiger partial charge in [-0.3, -0.25) is 9.97 Å². The monoisotopic (exact) mass is 268 g/mol. The van der Waals surface area contributed by atoms with Crippen molar-refractivity contribution in [2.24, 2.45) is 0 Å². The van der Waals surface area contributed by atoms with Crippen LogP contribution in [0.3, 0.4) is 0 Å². The van der Waals surface area contributed by atoms with Crippen LogP contribution in [-0.2, 0) is 0 Å². The lowest BCUT2D eigenvalue weighted by atomic mass is 10.2. The van der Waals surface area contributed by atoms with E-state index >= 15 is 0 Å². The highest BCUT2D eigenvalue weighted by atomic mass is 35.5. The van der Waals surface area contributed by atoms with Crippen molar-refractivity contribution < 1.29 is 0 Å². The molecule has 0 saturated heterocycles. The molecule has 3 heterocycles. The summed E-state index contributed by atoms with van der Waals surface area (Å²) < 4.78 is 0. The summed E-state index contributed by atoms with van der Waals surface area (Å²) in [6, 6.07) is 7.51. The van der Waals surface area contributed by atoms with Crippen molar-refractivity contribution in [2.75, 3.05) is 0 Å². The second-order valence-electron chi connectivity index (χ2n) is 3.87. The predicted molar refractivity (Wildman–Crippen MR) is 73.5 cm³/mol. The van der Waals surface area contributed by atoms with Crippen molar-refractivity contribution in [2.45, 2.75) is 0 Å². The van der Waals surface area contributed by atoms with Gasteiger partial charge in [-0.1, -0.05) is 11.6 Å². The SMILES string of the molecule is Clc1cnc(-c2cccnc2)nc1-c1cccnc1. The third-order valence-corrected chi connectivity index (χ3v) is 2.88. The van der Waals surface area contributed by atoms with E-state index in [1.54, 1.807) is 31.0 Å². The van der Waals surface area contributed by atoms with Gasteiger partial charge in [-0.15, -0.1) is 0 Å². The first-order valence-electron chi connectivity index (χ1n) is 5.68. The van der Waals surface area contributed by atoms with Crippen LogP contribution in [0, 0.1) is 0 Å². The van der Waals surface area contributed by atoms with Crippen LogP contribution in [0.5, 0.6) is 0 Å². The van der Waals surface area contributed by atoms with E-state index < -0.39 is 0 Å². The third kappa shape index (κ3) is 2.44. The van der Waals surface area contributed by atoms with Gasteiger partial charge in [0.05, 0.1) is 16.9 Å². The highest BCUT2D eigenvalue weighted by molar-refractivity contribution is 6.32. The van der Waals surface area contributed by atoms with Crippen LogP contribution in [0.1, 0.15) is 0 Å². The van der Waals surface area contributed by atoms with Crippen LogP contribution < -0.4 is 0 Å². The first kappa shape index (κ1) is 11.7. The summed E-state index contributed by atoms with van der Waals surface area (Å²) in [7, 11) is 0. The summed E-state index contributed by atoms with van der Waals surface area (Å²) in [4.78, 5) is 16.9. The molecule has 3 aromatic rings. The van der Waals surface area contributed by atoms with E-state index in [4.69, 9.17) is 11.6 Å². The molecule has 0 aromatic carbocycles. The summed E-state index contributed by atoms with van der Waals surface area (Å²) in [5.74, 6) is 0.594. The van der Waals surface area contributed by atoms with E-state index in [0.717, 1.165) is 11.1 Å². The van der Waals surface area contributed by atoms with Crippen molar-refractivity contribution in [1.29, 1.82) is 0 Å². The zero-order valence-corrected chi connectivity index (χ0v) is 10.6. The van der Waals surface area contributed by atoms with E-state index in [9.17, 15) is 0 Å². The summed E-state index contributed by atoms with van der Waals surface area (Å²) >= 11 is 6.15. The van der Waals surface area contributed by atoms with Crippen molar-refractivity contribution in [1.82, 2.24) is 19.9 Å². The molecule has 0 aliphatic heterocycles.